The van der Waals surface area contributed by atoms with Crippen LogP contribution in [0.3, 0.4) is 0 Å². The van der Waals surface area contributed by atoms with E-state index in [1.807, 2.05) is 50.2 Å². The lowest BCUT2D eigenvalue weighted by Gasteiger charge is -2.28. The number of anilines is 1. The molecule has 0 radical (unpaired) electrons. The summed E-state index contributed by atoms with van der Waals surface area (Å²) in [5, 5.41) is 2.94. The van der Waals surface area contributed by atoms with Crippen LogP contribution in [0.15, 0.2) is 42.5 Å². The van der Waals surface area contributed by atoms with Crippen molar-refractivity contribution in [2.75, 3.05) is 5.32 Å². The molecule has 2 unspecified atom stereocenters. The Hall–Kier alpha value is -2.82. The Bertz CT molecular complexity index is 826. The van der Waals surface area contributed by atoms with Gasteiger partial charge in [0.1, 0.15) is 5.75 Å². The van der Waals surface area contributed by atoms with Crippen LogP contribution in [0.4, 0.5) is 5.69 Å². The van der Waals surface area contributed by atoms with Crippen LogP contribution in [0.5, 0.6) is 5.75 Å². The van der Waals surface area contributed by atoms with Gasteiger partial charge in [0.15, 0.2) is 0 Å². The van der Waals surface area contributed by atoms with Gasteiger partial charge in [-0.25, -0.2) is 0 Å². The summed E-state index contributed by atoms with van der Waals surface area (Å²) < 4.78 is 11.3. The van der Waals surface area contributed by atoms with Crippen molar-refractivity contribution in [2.45, 2.75) is 52.2 Å². The molecule has 3 rings (SSSR count). The second-order valence-electron chi connectivity index (χ2n) is 7.82. The SMILES string of the molecule is Cc1cc(C)cc(NC(=O)Cc2ccc(OC3(OC=O)CCC(C)C3)cc2)c1. The van der Waals surface area contributed by atoms with Crippen molar-refractivity contribution in [2.24, 2.45) is 5.92 Å². The van der Waals surface area contributed by atoms with Crippen molar-refractivity contribution >= 4 is 18.1 Å². The number of aryl methyl sites for hydroxylation is 2. The molecule has 2 aromatic rings. The third-order valence-electron chi connectivity index (χ3n) is 5.04. The molecule has 5 nitrogen and oxygen atoms in total. The van der Waals surface area contributed by atoms with Gasteiger partial charge >= 0.3 is 0 Å². The van der Waals surface area contributed by atoms with Crippen LogP contribution in [0.2, 0.25) is 0 Å². The quantitative estimate of drug-likeness (QED) is 0.564. The van der Waals surface area contributed by atoms with E-state index in [0.29, 0.717) is 31.0 Å². The van der Waals surface area contributed by atoms with Crippen LogP contribution in [-0.4, -0.2) is 18.2 Å². The Labute approximate surface area is 166 Å². The first-order valence-corrected chi connectivity index (χ1v) is 9.65. The average Bonchev–Trinajstić information content (AvgIpc) is 2.96. The van der Waals surface area contributed by atoms with Gasteiger partial charge in [-0.15, -0.1) is 0 Å². The molecular formula is C23H27NO4. The third-order valence-corrected chi connectivity index (χ3v) is 5.04. The molecule has 0 heterocycles. The number of rotatable bonds is 7. The van der Waals surface area contributed by atoms with Crippen LogP contribution < -0.4 is 10.1 Å². The number of benzene rings is 2. The summed E-state index contributed by atoms with van der Waals surface area (Å²) in [6.07, 6.45) is 2.61. The average molecular weight is 381 g/mol. The monoisotopic (exact) mass is 381 g/mol. The summed E-state index contributed by atoms with van der Waals surface area (Å²) in [4.78, 5) is 23.2. The fourth-order valence-electron chi connectivity index (χ4n) is 3.84. The Balaban J connectivity index is 1.60. The maximum atomic E-state index is 12.3. The predicted molar refractivity (Wildman–Crippen MR) is 108 cm³/mol. The third kappa shape index (κ3) is 5.12. The first-order valence-electron chi connectivity index (χ1n) is 9.65. The Kier molecular flexibility index (Phi) is 6.02. The summed E-state index contributed by atoms with van der Waals surface area (Å²) in [6.45, 7) is 6.60. The number of carbonyl (C=O) groups is 2. The van der Waals surface area contributed by atoms with E-state index in [2.05, 4.69) is 18.3 Å². The molecule has 0 aliphatic heterocycles. The van der Waals surface area contributed by atoms with Crippen LogP contribution >= 0.6 is 0 Å². The second kappa shape index (κ2) is 8.46. The molecule has 2 atom stereocenters. The van der Waals surface area contributed by atoms with Crippen LogP contribution in [0, 0.1) is 19.8 Å². The Morgan fingerprint density at radius 3 is 2.43 bits per heavy atom. The first-order chi connectivity index (χ1) is 13.4. The van der Waals surface area contributed by atoms with Crippen molar-refractivity contribution in [1.29, 1.82) is 0 Å². The molecule has 0 spiro atoms. The van der Waals surface area contributed by atoms with Crippen molar-refractivity contribution in [3.8, 4) is 5.75 Å². The normalized spacial score (nSPS) is 21.2. The molecule has 0 saturated heterocycles. The van der Waals surface area contributed by atoms with Gasteiger partial charge in [-0.1, -0.05) is 25.1 Å². The second-order valence-corrected chi connectivity index (χ2v) is 7.82. The van der Waals surface area contributed by atoms with Gasteiger partial charge in [-0.2, -0.15) is 0 Å². The molecule has 1 aliphatic carbocycles. The van der Waals surface area contributed by atoms with Gasteiger partial charge < -0.3 is 14.8 Å². The molecular weight excluding hydrogens is 354 g/mol. The van der Waals surface area contributed by atoms with Crippen LogP contribution in [-0.2, 0) is 20.7 Å². The number of ether oxygens (including phenoxy) is 2. The fourth-order valence-corrected chi connectivity index (χ4v) is 3.84. The van der Waals surface area contributed by atoms with Gasteiger partial charge in [0, 0.05) is 18.5 Å². The van der Waals surface area contributed by atoms with Crippen molar-refractivity contribution in [3.63, 3.8) is 0 Å². The Morgan fingerprint density at radius 1 is 1.18 bits per heavy atom. The first kappa shape index (κ1) is 19.9. The van der Waals surface area contributed by atoms with Gasteiger partial charge in [-0.05, 0) is 67.1 Å². The summed E-state index contributed by atoms with van der Waals surface area (Å²) in [5.74, 6) is 0.148. The number of hydrogen-bond acceptors (Lipinski definition) is 4. The molecule has 28 heavy (non-hydrogen) atoms. The topological polar surface area (TPSA) is 64.6 Å². The molecule has 148 valence electrons. The standard InChI is InChI=1S/C23H27NO4/c1-16-8-9-23(14-16,27-15-25)28-21-6-4-19(5-7-21)13-22(26)24-20-11-17(2)10-18(3)12-20/h4-7,10-12,15-16H,8-9,13-14H2,1-3H3,(H,24,26). The maximum absolute atomic E-state index is 12.3. The number of carbonyl (C=O) groups excluding carboxylic acids is 2. The minimum atomic E-state index is -0.872. The highest BCUT2D eigenvalue weighted by molar-refractivity contribution is 5.92. The number of hydrogen-bond donors (Lipinski definition) is 1. The molecule has 0 bridgehead atoms. The van der Waals surface area contributed by atoms with E-state index in [-0.39, 0.29) is 12.3 Å². The van der Waals surface area contributed by atoms with Gasteiger partial charge in [0.25, 0.3) is 12.3 Å². The van der Waals surface area contributed by atoms with E-state index in [1.165, 1.54) is 0 Å². The molecule has 5 heteroatoms. The lowest BCUT2D eigenvalue weighted by Crippen LogP contribution is -2.36. The molecule has 1 fully saturated rings. The lowest BCUT2D eigenvalue weighted by molar-refractivity contribution is -0.182. The summed E-state index contributed by atoms with van der Waals surface area (Å²) >= 11 is 0. The summed E-state index contributed by atoms with van der Waals surface area (Å²) in [7, 11) is 0. The largest absolute Gasteiger partial charge is 0.452 e. The highest BCUT2D eigenvalue weighted by Crippen LogP contribution is 2.38. The van der Waals surface area contributed by atoms with Crippen LogP contribution in [0.1, 0.15) is 42.9 Å². The van der Waals surface area contributed by atoms with Crippen molar-refractivity contribution < 1.29 is 19.1 Å². The number of amides is 1. The van der Waals surface area contributed by atoms with E-state index in [9.17, 15) is 9.59 Å². The lowest BCUT2D eigenvalue weighted by atomic mass is 10.1. The van der Waals surface area contributed by atoms with Gasteiger partial charge in [-0.3, -0.25) is 9.59 Å². The molecule has 0 aromatic heterocycles. The van der Waals surface area contributed by atoms with E-state index < -0.39 is 5.79 Å². The zero-order valence-corrected chi connectivity index (χ0v) is 16.7. The minimum absolute atomic E-state index is 0.0657. The molecule has 1 aliphatic rings. The number of nitrogens with one attached hydrogen (secondary N) is 1. The summed E-state index contributed by atoms with van der Waals surface area (Å²) in [5.41, 5.74) is 3.93. The molecule has 1 N–H and O–H groups in total. The van der Waals surface area contributed by atoms with Crippen LogP contribution in [0.25, 0.3) is 0 Å². The van der Waals surface area contributed by atoms with E-state index in [0.717, 1.165) is 28.8 Å². The fraction of sp³-hybridized carbons (Fsp3) is 0.391. The maximum Gasteiger partial charge on any atom is 0.296 e. The molecule has 2 aromatic carbocycles. The van der Waals surface area contributed by atoms with E-state index >= 15 is 0 Å². The highest BCUT2D eigenvalue weighted by Gasteiger charge is 2.41. The van der Waals surface area contributed by atoms with Crippen molar-refractivity contribution in [1.82, 2.24) is 0 Å². The van der Waals surface area contributed by atoms with Gasteiger partial charge in [0.05, 0.1) is 6.42 Å². The van der Waals surface area contributed by atoms with Crippen molar-refractivity contribution in [3.05, 3.63) is 59.2 Å². The Morgan fingerprint density at radius 2 is 1.86 bits per heavy atom. The predicted octanol–water partition coefficient (Wildman–Crippen LogP) is 4.55. The zero-order chi connectivity index (χ0) is 20.1. The zero-order valence-electron chi connectivity index (χ0n) is 16.7. The summed E-state index contributed by atoms with van der Waals surface area (Å²) in [6, 6.07) is 13.3. The smallest absolute Gasteiger partial charge is 0.296 e. The van der Waals surface area contributed by atoms with E-state index in [1.54, 1.807) is 0 Å². The van der Waals surface area contributed by atoms with Gasteiger partial charge in [0.2, 0.25) is 5.91 Å². The minimum Gasteiger partial charge on any atom is -0.452 e. The molecule has 1 saturated carbocycles. The highest BCUT2D eigenvalue weighted by atomic mass is 16.7. The van der Waals surface area contributed by atoms with E-state index in [4.69, 9.17) is 9.47 Å². The molecule has 1 amide bonds.